The summed E-state index contributed by atoms with van der Waals surface area (Å²) in [7, 11) is 1.69. The Hall–Kier alpha value is -2.37. The lowest BCUT2D eigenvalue weighted by atomic mass is 10.2. The largest absolute Gasteiger partial charge is 0.467 e. The molecule has 0 aliphatic heterocycles. The first-order valence-electron chi connectivity index (χ1n) is 6.93. The molecule has 0 bridgehead atoms. The van der Waals surface area contributed by atoms with Crippen LogP contribution in [0.5, 0.6) is 0 Å². The normalized spacial score (nSPS) is 12.1. The first-order chi connectivity index (χ1) is 10.0. The van der Waals surface area contributed by atoms with Gasteiger partial charge >= 0.3 is 0 Å². The van der Waals surface area contributed by atoms with Crippen LogP contribution in [0.25, 0.3) is 0 Å². The Kier molecular flexibility index (Phi) is 4.57. The second-order valence-corrected chi connectivity index (χ2v) is 4.89. The van der Waals surface area contributed by atoms with Gasteiger partial charge < -0.3 is 9.32 Å². The van der Waals surface area contributed by atoms with Gasteiger partial charge in [-0.1, -0.05) is 6.92 Å². The molecular formula is C15H19N3O3. The molecule has 0 spiro atoms. The van der Waals surface area contributed by atoms with Crippen LogP contribution in [0.4, 0.5) is 0 Å². The van der Waals surface area contributed by atoms with Crippen LogP contribution in [0.1, 0.15) is 42.6 Å². The van der Waals surface area contributed by atoms with Gasteiger partial charge in [0.05, 0.1) is 12.3 Å². The number of furan rings is 1. The van der Waals surface area contributed by atoms with Gasteiger partial charge in [-0.3, -0.25) is 9.59 Å². The number of carbonyl (C=O) groups excluding carboxylic acids is 1. The first kappa shape index (κ1) is 15.0. The van der Waals surface area contributed by atoms with Crippen molar-refractivity contribution in [2.24, 2.45) is 0 Å². The zero-order valence-corrected chi connectivity index (χ0v) is 12.4. The molecule has 0 aliphatic rings. The van der Waals surface area contributed by atoms with Crippen LogP contribution in [-0.2, 0) is 6.54 Å². The molecule has 112 valence electrons. The number of hydrogen-bond acceptors (Lipinski definition) is 4. The van der Waals surface area contributed by atoms with Crippen LogP contribution in [0.2, 0.25) is 0 Å². The van der Waals surface area contributed by atoms with E-state index in [-0.39, 0.29) is 23.2 Å². The second kappa shape index (κ2) is 6.39. The third-order valence-corrected chi connectivity index (χ3v) is 3.38. The Morgan fingerprint density at radius 1 is 1.43 bits per heavy atom. The van der Waals surface area contributed by atoms with Crippen molar-refractivity contribution >= 4 is 5.91 Å². The summed E-state index contributed by atoms with van der Waals surface area (Å²) in [5.41, 5.74) is 0.0547. The number of aryl methyl sites for hydroxylation is 1. The molecule has 0 N–H and O–H groups in total. The number of rotatable bonds is 5. The minimum absolute atomic E-state index is 0.199. The van der Waals surface area contributed by atoms with Crippen molar-refractivity contribution in [3.05, 3.63) is 52.3 Å². The molecule has 0 radical (unpaired) electrons. The Morgan fingerprint density at radius 3 is 2.81 bits per heavy atom. The fourth-order valence-corrected chi connectivity index (χ4v) is 2.01. The molecule has 6 nitrogen and oxygen atoms in total. The van der Waals surface area contributed by atoms with Crippen LogP contribution in [0.3, 0.4) is 0 Å². The number of hydrogen-bond donors (Lipinski definition) is 0. The van der Waals surface area contributed by atoms with E-state index >= 15 is 0 Å². The summed E-state index contributed by atoms with van der Waals surface area (Å²) in [5, 5.41) is 4.13. The highest BCUT2D eigenvalue weighted by atomic mass is 16.3. The van der Waals surface area contributed by atoms with Crippen molar-refractivity contribution < 1.29 is 9.21 Å². The SMILES string of the molecule is CCCn1nc(C(=O)N(C)C(C)c2ccco2)ccc1=O. The van der Waals surface area contributed by atoms with Gasteiger partial charge in [0, 0.05) is 19.7 Å². The maximum absolute atomic E-state index is 12.5. The number of carbonyl (C=O) groups is 1. The molecule has 0 saturated carbocycles. The highest BCUT2D eigenvalue weighted by Gasteiger charge is 2.22. The fraction of sp³-hybridized carbons (Fsp3) is 0.400. The minimum atomic E-state index is -0.247. The zero-order chi connectivity index (χ0) is 15.4. The number of nitrogens with zero attached hydrogens (tertiary/aromatic N) is 3. The lowest BCUT2D eigenvalue weighted by Gasteiger charge is -2.23. The molecule has 2 aromatic heterocycles. The van der Waals surface area contributed by atoms with Gasteiger partial charge in [-0.05, 0) is 31.5 Å². The topological polar surface area (TPSA) is 68.3 Å². The summed E-state index contributed by atoms with van der Waals surface area (Å²) in [6.45, 7) is 4.32. The van der Waals surface area contributed by atoms with Crippen LogP contribution < -0.4 is 5.56 Å². The summed E-state index contributed by atoms with van der Waals surface area (Å²) in [6.07, 6.45) is 2.35. The Bertz CT molecular complexity index is 661. The second-order valence-electron chi connectivity index (χ2n) is 4.89. The summed E-state index contributed by atoms with van der Waals surface area (Å²) >= 11 is 0. The van der Waals surface area contributed by atoms with E-state index in [9.17, 15) is 9.59 Å². The zero-order valence-electron chi connectivity index (χ0n) is 12.4. The van der Waals surface area contributed by atoms with E-state index < -0.39 is 0 Å². The van der Waals surface area contributed by atoms with E-state index in [0.717, 1.165) is 6.42 Å². The predicted octanol–water partition coefficient (Wildman–Crippen LogP) is 2.08. The molecule has 0 aliphatic carbocycles. The van der Waals surface area contributed by atoms with Crippen LogP contribution in [-0.4, -0.2) is 27.6 Å². The standard InChI is InChI=1S/C15H19N3O3/c1-4-9-18-14(19)8-7-12(16-18)15(20)17(3)11(2)13-6-5-10-21-13/h5-8,10-11H,4,9H2,1-3H3. The van der Waals surface area contributed by atoms with Crippen molar-refractivity contribution in [2.45, 2.75) is 32.9 Å². The molecule has 6 heteroatoms. The van der Waals surface area contributed by atoms with E-state index in [1.807, 2.05) is 19.9 Å². The molecule has 2 aromatic rings. The Balaban J connectivity index is 2.23. The minimum Gasteiger partial charge on any atom is -0.467 e. The van der Waals surface area contributed by atoms with Gasteiger partial charge in [0.2, 0.25) is 0 Å². The molecule has 0 fully saturated rings. The molecular weight excluding hydrogens is 270 g/mol. The lowest BCUT2D eigenvalue weighted by molar-refractivity contribution is 0.0717. The van der Waals surface area contributed by atoms with Crippen LogP contribution in [0, 0.1) is 0 Å². The molecule has 1 atom stereocenters. The maximum Gasteiger partial charge on any atom is 0.274 e. The molecule has 1 unspecified atom stereocenters. The summed E-state index contributed by atoms with van der Waals surface area (Å²) in [5.74, 6) is 0.455. The van der Waals surface area contributed by atoms with E-state index in [1.54, 1.807) is 24.3 Å². The average Bonchev–Trinajstić information content (AvgIpc) is 3.01. The molecule has 1 amide bonds. The third kappa shape index (κ3) is 3.21. The Morgan fingerprint density at radius 2 is 2.19 bits per heavy atom. The molecule has 2 heterocycles. The van der Waals surface area contributed by atoms with Crippen LogP contribution in [0.15, 0.2) is 39.7 Å². The van der Waals surface area contributed by atoms with Gasteiger partial charge in [-0.2, -0.15) is 5.10 Å². The average molecular weight is 289 g/mol. The molecule has 0 saturated heterocycles. The van der Waals surface area contributed by atoms with Crippen molar-refractivity contribution in [3.63, 3.8) is 0 Å². The molecule has 0 aromatic carbocycles. The molecule has 21 heavy (non-hydrogen) atoms. The maximum atomic E-state index is 12.5. The van der Waals surface area contributed by atoms with Crippen LogP contribution >= 0.6 is 0 Å². The smallest absolute Gasteiger partial charge is 0.274 e. The quantitative estimate of drug-likeness (QED) is 0.845. The predicted molar refractivity (Wildman–Crippen MR) is 78.0 cm³/mol. The molecule has 2 rings (SSSR count). The van der Waals surface area contributed by atoms with Gasteiger partial charge in [0.15, 0.2) is 0 Å². The lowest BCUT2D eigenvalue weighted by Crippen LogP contribution is -2.32. The summed E-state index contributed by atoms with van der Waals surface area (Å²) in [6, 6.07) is 6.23. The first-order valence-corrected chi connectivity index (χ1v) is 6.93. The summed E-state index contributed by atoms with van der Waals surface area (Å²) < 4.78 is 6.63. The third-order valence-electron chi connectivity index (χ3n) is 3.38. The monoisotopic (exact) mass is 289 g/mol. The number of aromatic nitrogens is 2. The van der Waals surface area contributed by atoms with E-state index in [4.69, 9.17) is 4.42 Å². The van der Waals surface area contributed by atoms with Crippen molar-refractivity contribution in [1.82, 2.24) is 14.7 Å². The summed E-state index contributed by atoms with van der Waals surface area (Å²) in [4.78, 5) is 25.6. The van der Waals surface area contributed by atoms with Gasteiger partial charge in [-0.25, -0.2) is 4.68 Å². The van der Waals surface area contributed by atoms with E-state index in [1.165, 1.54) is 16.8 Å². The fourth-order valence-electron chi connectivity index (χ4n) is 2.01. The number of amides is 1. The van der Waals surface area contributed by atoms with E-state index in [2.05, 4.69) is 5.10 Å². The Labute approximate surface area is 123 Å². The van der Waals surface area contributed by atoms with Gasteiger partial charge in [0.25, 0.3) is 11.5 Å². The highest BCUT2D eigenvalue weighted by molar-refractivity contribution is 5.92. The van der Waals surface area contributed by atoms with Gasteiger partial charge in [-0.15, -0.1) is 0 Å². The highest BCUT2D eigenvalue weighted by Crippen LogP contribution is 2.20. The van der Waals surface area contributed by atoms with E-state index in [0.29, 0.717) is 12.3 Å². The van der Waals surface area contributed by atoms with Crippen molar-refractivity contribution in [1.29, 1.82) is 0 Å². The van der Waals surface area contributed by atoms with Gasteiger partial charge in [0.1, 0.15) is 11.5 Å². The van der Waals surface area contributed by atoms with Crippen molar-refractivity contribution in [3.8, 4) is 0 Å². The van der Waals surface area contributed by atoms with Crippen molar-refractivity contribution in [2.75, 3.05) is 7.05 Å².